The maximum absolute atomic E-state index is 11.6. The number of carbonyl (C=O) groups is 1. The molecule has 6 heteroatoms. The van der Waals surface area contributed by atoms with Crippen LogP contribution in [0.3, 0.4) is 0 Å². The molecular weight excluding hydrogens is 278 g/mol. The van der Waals surface area contributed by atoms with E-state index < -0.39 is 16.8 Å². The van der Waals surface area contributed by atoms with Crippen molar-refractivity contribution in [3.05, 3.63) is 52.9 Å². The molecule has 0 radical (unpaired) electrons. The lowest BCUT2D eigenvalue weighted by molar-refractivity contribution is -0.137. The summed E-state index contributed by atoms with van der Waals surface area (Å²) >= 11 is 0. The maximum atomic E-state index is 11.6. The molecule has 104 valence electrons. The minimum Gasteiger partial charge on any atom is -0.480 e. The second-order valence-electron chi connectivity index (χ2n) is 4.26. The number of carboxylic acid groups (broad SMARTS) is 1. The molecule has 1 N–H and O–H groups in total. The molecule has 0 aliphatic carbocycles. The predicted octanol–water partition coefficient (Wildman–Crippen LogP) is 1.34. The summed E-state index contributed by atoms with van der Waals surface area (Å²) in [6.07, 6.45) is 3.08. The van der Waals surface area contributed by atoms with Gasteiger partial charge in [-0.15, -0.1) is 0 Å². The van der Waals surface area contributed by atoms with Gasteiger partial charge in [0.25, 0.3) is 5.56 Å². The van der Waals surface area contributed by atoms with Crippen LogP contribution in [0.4, 0.5) is 0 Å². The Morgan fingerprint density at radius 1 is 1.25 bits per heavy atom. The maximum Gasteiger partial charge on any atom is 0.323 e. The Morgan fingerprint density at radius 2 is 2.00 bits per heavy atom. The molecule has 0 bridgehead atoms. The van der Waals surface area contributed by atoms with Gasteiger partial charge in [-0.2, -0.15) is 0 Å². The molecule has 0 spiro atoms. The summed E-state index contributed by atoms with van der Waals surface area (Å²) in [6.45, 7) is -0.383. The zero-order valence-electron chi connectivity index (χ0n) is 10.8. The third-order valence-corrected chi connectivity index (χ3v) is 3.71. The van der Waals surface area contributed by atoms with Crippen molar-refractivity contribution < 1.29 is 14.1 Å². The number of hydrogen-bond donors (Lipinski definition) is 1. The van der Waals surface area contributed by atoms with Gasteiger partial charge in [0, 0.05) is 34.2 Å². The predicted molar refractivity (Wildman–Crippen MR) is 76.1 cm³/mol. The van der Waals surface area contributed by atoms with Crippen molar-refractivity contribution in [2.75, 3.05) is 6.26 Å². The van der Waals surface area contributed by atoms with Crippen LogP contribution >= 0.6 is 0 Å². The minimum absolute atomic E-state index is 0.369. The Labute approximate surface area is 118 Å². The molecule has 1 unspecified atom stereocenters. The van der Waals surface area contributed by atoms with Crippen molar-refractivity contribution in [1.29, 1.82) is 0 Å². The molecule has 0 fully saturated rings. The SMILES string of the molecule is CS(=O)c1cccc(-c2ccc(=O)n(CC(=O)O)c2)c1. The second-order valence-corrected chi connectivity index (χ2v) is 5.64. The lowest BCUT2D eigenvalue weighted by atomic mass is 10.1. The van der Waals surface area contributed by atoms with Crippen molar-refractivity contribution in [1.82, 2.24) is 4.57 Å². The number of aromatic nitrogens is 1. The van der Waals surface area contributed by atoms with E-state index in [1.807, 2.05) is 6.07 Å². The number of benzene rings is 1. The first-order valence-electron chi connectivity index (χ1n) is 5.83. The number of pyridine rings is 1. The third kappa shape index (κ3) is 3.21. The zero-order chi connectivity index (χ0) is 14.7. The number of aliphatic carboxylic acids is 1. The summed E-state index contributed by atoms with van der Waals surface area (Å²) in [5.74, 6) is -1.08. The van der Waals surface area contributed by atoms with Gasteiger partial charge in [-0.25, -0.2) is 0 Å². The van der Waals surface area contributed by atoms with Crippen LogP contribution in [0.25, 0.3) is 11.1 Å². The van der Waals surface area contributed by atoms with Gasteiger partial charge < -0.3 is 9.67 Å². The first kappa shape index (κ1) is 14.2. The molecule has 2 aromatic rings. The average Bonchev–Trinajstić information content (AvgIpc) is 2.41. The van der Waals surface area contributed by atoms with E-state index in [4.69, 9.17) is 5.11 Å². The van der Waals surface area contributed by atoms with Gasteiger partial charge in [0.15, 0.2) is 0 Å². The smallest absolute Gasteiger partial charge is 0.323 e. The van der Waals surface area contributed by atoms with E-state index in [1.54, 1.807) is 30.5 Å². The molecule has 0 aliphatic rings. The Kier molecular flexibility index (Phi) is 4.14. The molecule has 1 aromatic carbocycles. The highest BCUT2D eigenvalue weighted by Gasteiger charge is 2.06. The summed E-state index contributed by atoms with van der Waals surface area (Å²) in [6, 6.07) is 10.1. The Balaban J connectivity index is 2.47. The van der Waals surface area contributed by atoms with Gasteiger partial charge in [-0.3, -0.25) is 13.8 Å². The largest absolute Gasteiger partial charge is 0.480 e. The fourth-order valence-electron chi connectivity index (χ4n) is 1.83. The van der Waals surface area contributed by atoms with Gasteiger partial charge in [-0.1, -0.05) is 12.1 Å². The van der Waals surface area contributed by atoms with Gasteiger partial charge in [0.2, 0.25) is 0 Å². The third-order valence-electron chi connectivity index (χ3n) is 2.79. The summed E-state index contributed by atoms with van der Waals surface area (Å²) in [7, 11) is -1.09. The molecule has 2 rings (SSSR count). The molecule has 0 aliphatic heterocycles. The summed E-state index contributed by atoms with van der Waals surface area (Å²) in [5.41, 5.74) is 1.13. The highest BCUT2D eigenvalue weighted by atomic mass is 32.2. The number of carboxylic acids is 1. The lowest BCUT2D eigenvalue weighted by Crippen LogP contribution is -2.22. The standard InChI is InChI=1S/C14H13NO4S/c1-20(19)12-4-2-3-10(7-12)11-5-6-13(16)15(8-11)9-14(17)18/h2-8H,9H2,1H3,(H,17,18). The Hall–Kier alpha value is -2.21. The van der Waals surface area contributed by atoms with Crippen LogP contribution in [0, 0.1) is 0 Å². The average molecular weight is 291 g/mol. The molecule has 0 amide bonds. The summed E-state index contributed by atoms with van der Waals surface area (Å²) < 4.78 is 12.6. The van der Waals surface area contributed by atoms with Crippen molar-refractivity contribution >= 4 is 16.8 Å². The monoisotopic (exact) mass is 291 g/mol. The van der Waals surface area contributed by atoms with Gasteiger partial charge >= 0.3 is 5.97 Å². The van der Waals surface area contributed by atoms with E-state index in [0.29, 0.717) is 10.5 Å². The molecule has 1 atom stereocenters. The van der Waals surface area contributed by atoms with Gasteiger partial charge in [0.05, 0.1) is 0 Å². The quantitative estimate of drug-likeness (QED) is 0.922. The van der Waals surface area contributed by atoms with Crippen LogP contribution in [0.5, 0.6) is 0 Å². The first-order valence-corrected chi connectivity index (χ1v) is 7.39. The van der Waals surface area contributed by atoms with Crippen molar-refractivity contribution in [2.24, 2.45) is 0 Å². The van der Waals surface area contributed by atoms with E-state index in [2.05, 4.69) is 0 Å². The molecule has 0 saturated carbocycles. The number of hydrogen-bond acceptors (Lipinski definition) is 3. The normalized spacial score (nSPS) is 12.1. The molecule has 5 nitrogen and oxygen atoms in total. The van der Waals surface area contributed by atoms with Crippen LogP contribution in [0.2, 0.25) is 0 Å². The Bertz CT molecular complexity index is 736. The van der Waals surface area contributed by atoms with Crippen molar-refractivity contribution in [3.63, 3.8) is 0 Å². The van der Waals surface area contributed by atoms with E-state index in [1.165, 1.54) is 12.3 Å². The van der Waals surface area contributed by atoms with Crippen molar-refractivity contribution in [3.8, 4) is 11.1 Å². The summed E-state index contributed by atoms with van der Waals surface area (Å²) in [5, 5.41) is 8.77. The molecule has 0 saturated heterocycles. The van der Waals surface area contributed by atoms with Crippen LogP contribution < -0.4 is 5.56 Å². The Morgan fingerprint density at radius 3 is 2.65 bits per heavy atom. The van der Waals surface area contributed by atoms with E-state index in [0.717, 1.165) is 10.1 Å². The van der Waals surface area contributed by atoms with Gasteiger partial charge in [0.1, 0.15) is 6.54 Å². The van der Waals surface area contributed by atoms with E-state index in [-0.39, 0.29) is 12.1 Å². The molecule has 1 aromatic heterocycles. The lowest BCUT2D eigenvalue weighted by Gasteiger charge is -2.07. The highest BCUT2D eigenvalue weighted by Crippen LogP contribution is 2.20. The fourth-order valence-corrected chi connectivity index (χ4v) is 2.39. The molecule has 1 heterocycles. The van der Waals surface area contributed by atoms with Crippen LogP contribution in [0.1, 0.15) is 0 Å². The molecule has 20 heavy (non-hydrogen) atoms. The number of rotatable bonds is 4. The molecular formula is C14H13NO4S. The first-order chi connectivity index (χ1) is 9.47. The fraction of sp³-hybridized carbons (Fsp3) is 0.143. The van der Waals surface area contributed by atoms with Crippen molar-refractivity contribution in [2.45, 2.75) is 11.4 Å². The van der Waals surface area contributed by atoms with Gasteiger partial charge in [-0.05, 0) is 29.3 Å². The van der Waals surface area contributed by atoms with E-state index >= 15 is 0 Å². The minimum atomic E-state index is -1.09. The number of nitrogens with zero attached hydrogens (tertiary/aromatic N) is 1. The second kappa shape index (κ2) is 5.83. The summed E-state index contributed by atoms with van der Waals surface area (Å²) in [4.78, 5) is 23.0. The topological polar surface area (TPSA) is 76.4 Å². The van der Waals surface area contributed by atoms with Crippen LogP contribution in [0.15, 0.2) is 52.3 Å². The highest BCUT2D eigenvalue weighted by molar-refractivity contribution is 7.84. The van der Waals surface area contributed by atoms with Crippen LogP contribution in [-0.2, 0) is 22.1 Å². The zero-order valence-corrected chi connectivity index (χ0v) is 11.6. The van der Waals surface area contributed by atoms with Crippen LogP contribution in [-0.4, -0.2) is 26.1 Å². The van der Waals surface area contributed by atoms with E-state index in [9.17, 15) is 13.8 Å².